The number of halogens is 3. The van der Waals surface area contributed by atoms with Crippen molar-refractivity contribution < 1.29 is 21.8 Å². The van der Waals surface area contributed by atoms with E-state index in [2.05, 4.69) is 0 Å². The quantitative estimate of drug-likeness (QED) is 0.590. The first-order chi connectivity index (χ1) is 5.84. The molecule has 0 radical (unpaired) electrons. The van der Waals surface area contributed by atoms with Crippen LogP contribution in [-0.2, 0) is 10.1 Å². The van der Waals surface area contributed by atoms with E-state index in [4.69, 9.17) is 16.2 Å². The summed E-state index contributed by atoms with van der Waals surface area (Å²) in [6.07, 6.45) is 0. The molecule has 0 aliphatic carbocycles. The van der Waals surface area contributed by atoms with Gasteiger partial charge in [0.15, 0.2) is 5.82 Å². The van der Waals surface area contributed by atoms with Gasteiger partial charge in [0.25, 0.3) is 10.1 Å². The van der Waals surface area contributed by atoms with E-state index in [1.54, 1.807) is 0 Å². The molecule has 7 heteroatoms. The second-order valence-electron chi connectivity index (χ2n) is 2.15. The molecule has 0 aliphatic rings. The molecule has 13 heavy (non-hydrogen) atoms. The summed E-state index contributed by atoms with van der Waals surface area (Å²) in [6.45, 7) is 0. The molecule has 1 aromatic rings. The van der Waals surface area contributed by atoms with Crippen LogP contribution in [0.5, 0.6) is 0 Å². The number of rotatable bonds is 1. The van der Waals surface area contributed by atoms with Crippen LogP contribution >= 0.6 is 11.6 Å². The van der Waals surface area contributed by atoms with Crippen molar-refractivity contribution in [1.29, 1.82) is 0 Å². The first kappa shape index (κ1) is 10.4. The molecule has 72 valence electrons. The first-order valence-corrected chi connectivity index (χ1v) is 4.77. The van der Waals surface area contributed by atoms with Crippen LogP contribution in [0.25, 0.3) is 0 Å². The van der Waals surface area contributed by atoms with Crippen molar-refractivity contribution >= 4 is 21.7 Å². The highest BCUT2D eigenvalue weighted by atomic mass is 35.5. The lowest BCUT2D eigenvalue weighted by atomic mass is 10.3. The van der Waals surface area contributed by atoms with Crippen LogP contribution < -0.4 is 0 Å². The normalized spacial score (nSPS) is 11.7. The minimum atomic E-state index is -4.70. The van der Waals surface area contributed by atoms with Crippen molar-refractivity contribution in [2.45, 2.75) is 4.90 Å². The largest absolute Gasteiger partial charge is 0.297 e. The van der Waals surface area contributed by atoms with Crippen molar-refractivity contribution in [3.8, 4) is 0 Å². The Morgan fingerprint density at radius 2 is 1.85 bits per heavy atom. The molecule has 0 amide bonds. The van der Waals surface area contributed by atoms with Gasteiger partial charge in [-0.05, 0) is 12.1 Å². The number of benzene rings is 1. The zero-order valence-corrected chi connectivity index (χ0v) is 7.53. The average Bonchev–Trinajstić information content (AvgIpc) is 1.98. The zero-order valence-electron chi connectivity index (χ0n) is 5.96. The lowest BCUT2D eigenvalue weighted by Crippen LogP contribution is -2.02. The molecule has 0 aliphatic heterocycles. The summed E-state index contributed by atoms with van der Waals surface area (Å²) in [5.74, 6) is -2.59. The Kier molecular flexibility index (Phi) is 2.56. The molecule has 0 spiro atoms. The van der Waals surface area contributed by atoms with Crippen LogP contribution in [-0.4, -0.2) is 13.0 Å². The van der Waals surface area contributed by atoms with Crippen molar-refractivity contribution in [1.82, 2.24) is 0 Å². The summed E-state index contributed by atoms with van der Waals surface area (Å²) in [7, 11) is -4.70. The van der Waals surface area contributed by atoms with Gasteiger partial charge < -0.3 is 0 Å². The number of hydrogen-bond acceptors (Lipinski definition) is 2. The minimum absolute atomic E-state index is 0.589. The maximum atomic E-state index is 12.8. The molecular weight excluding hydrogens is 226 g/mol. The third kappa shape index (κ3) is 1.96. The fraction of sp³-hybridized carbons (Fsp3) is 0. The lowest BCUT2D eigenvalue weighted by Gasteiger charge is -2.01. The van der Waals surface area contributed by atoms with Gasteiger partial charge in [-0.3, -0.25) is 4.55 Å². The third-order valence-electron chi connectivity index (χ3n) is 1.28. The molecule has 0 fully saturated rings. The van der Waals surface area contributed by atoms with Gasteiger partial charge in [-0.25, -0.2) is 8.78 Å². The topological polar surface area (TPSA) is 54.4 Å². The molecule has 0 heterocycles. The van der Waals surface area contributed by atoms with Gasteiger partial charge in [-0.1, -0.05) is 11.6 Å². The van der Waals surface area contributed by atoms with E-state index in [0.717, 1.165) is 0 Å². The van der Waals surface area contributed by atoms with E-state index in [1.165, 1.54) is 0 Å². The highest BCUT2D eigenvalue weighted by Crippen LogP contribution is 2.24. The average molecular weight is 229 g/mol. The molecule has 1 rings (SSSR count). The molecule has 0 bridgehead atoms. The second kappa shape index (κ2) is 3.21. The summed E-state index contributed by atoms with van der Waals surface area (Å²) in [6, 6.07) is 1.24. The van der Waals surface area contributed by atoms with Gasteiger partial charge in [-0.15, -0.1) is 0 Å². The zero-order chi connectivity index (χ0) is 10.2. The van der Waals surface area contributed by atoms with Gasteiger partial charge >= 0.3 is 0 Å². The summed E-state index contributed by atoms with van der Waals surface area (Å²) in [5, 5.41) is -0.963. The predicted molar refractivity (Wildman–Crippen MR) is 41.2 cm³/mol. The van der Waals surface area contributed by atoms with Crippen LogP contribution in [0.2, 0.25) is 5.02 Å². The van der Waals surface area contributed by atoms with E-state index >= 15 is 0 Å². The Morgan fingerprint density at radius 1 is 1.31 bits per heavy atom. The van der Waals surface area contributed by atoms with Crippen molar-refractivity contribution in [2.75, 3.05) is 0 Å². The van der Waals surface area contributed by atoms with Gasteiger partial charge in [0.05, 0.1) is 0 Å². The Morgan fingerprint density at radius 3 is 2.31 bits per heavy atom. The predicted octanol–water partition coefficient (Wildman–Crippen LogP) is 1.86. The van der Waals surface area contributed by atoms with E-state index in [9.17, 15) is 17.2 Å². The Bertz CT molecular complexity index is 443. The van der Waals surface area contributed by atoms with Crippen LogP contribution in [0.4, 0.5) is 8.78 Å². The molecular formula is C6H3ClF2O3S. The Hall–Kier alpha value is -0.720. The van der Waals surface area contributed by atoms with Crippen LogP contribution in [0, 0.1) is 11.6 Å². The lowest BCUT2D eigenvalue weighted by molar-refractivity contribution is 0.471. The molecule has 1 aromatic carbocycles. The van der Waals surface area contributed by atoms with E-state index in [1.807, 2.05) is 0 Å². The highest BCUT2D eigenvalue weighted by molar-refractivity contribution is 7.85. The summed E-state index contributed by atoms with van der Waals surface area (Å²) in [4.78, 5) is -1.04. The second-order valence-corrected chi connectivity index (χ2v) is 3.92. The third-order valence-corrected chi connectivity index (χ3v) is 2.50. The van der Waals surface area contributed by atoms with Crippen molar-refractivity contribution in [3.05, 3.63) is 28.8 Å². The van der Waals surface area contributed by atoms with E-state index in [-0.39, 0.29) is 0 Å². The fourth-order valence-corrected chi connectivity index (χ4v) is 1.50. The molecule has 0 saturated carbocycles. The smallest absolute Gasteiger partial charge is 0.282 e. The molecule has 0 aromatic heterocycles. The van der Waals surface area contributed by atoms with Crippen LogP contribution in [0.1, 0.15) is 0 Å². The van der Waals surface area contributed by atoms with Gasteiger partial charge in [0, 0.05) is 0 Å². The van der Waals surface area contributed by atoms with Crippen molar-refractivity contribution in [2.24, 2.45) is 0 Å². The molecule has 0 unspecified atom stereocenters. The maximum Gasteiger partial charge on any atom is 0.297 e. The van der Waals surface area contributed by atoms with Gasteiger partial charge in [-0.2, -0.15) is 8.42 Å². The van der Waals surface area contributed by atoms with Gasteiger partial charge in [0.1, 0.15) is 15.7 Å². The van der Waals surface area contributed by atoms with Gasteiger partial charge in [0.2, 0.25) is 0 Å². The summed E-state index contributed by atoms with van der Waals surface area (Å²) < 4.78 is 54.7. The molecule has 3 nitrogen and oxygen atoms in total. The first-order valence-electron chi connectivity index (χ1n) is 2.95. The highest BCUT2D eigenvalue weighted by Gasteiger charge is 2.20. The summed E-state index contributed by atoms with van der Waals surface area (Å²) in [5.41, 5.74) is 0. The van der Waals surface area contributed by atoms with E-state index in [0.29, 0.717) is 12.1 Å². The standard InChI is InChI=1S/C6H3ClF2O3S/c7-5-3(8)1-2-4(6(5)9)13(10,11)12/h1-2H,(H,10,11,12). The van der Waals surface area contributed by atoms with Crippen LogP contribution in [0.15, 0.2) is 17.0 Å². The van der Waals surface area contributed by atoms with E-state index < -0.39 is 31.7 Å². The Labute approximate surface area is 77.7 Å². The van der Waals surface area contributed by atoms with Crippen LogP contribution in [0.3, 0.4) is 0 Å². The minimum Gasteiger partial charge on any atom is -0.282 e. The maximum absolute atomic E-state index is 12.8. The number of hydrogen-bond donors (Lipinski definition) is 1. The Balaban J connectivity index is 3.53. The fourth-order valence-electron chi connectivity index (χ4n) is 0.707. The SMILES string of the molecule is O=S(=O)(O)c1ccc(F)c(Cl)c1F. The molecule has 0 saturated heterocycles. The van der Waals surface area contributed by atoms with Crippen molar-refractivity contribution in [3.63, 3.8) is 0 Å². The monoisotopic (exact) mass is 228 g/mol. The molecule has 1 N–H and O–H groups in total. The summed E-state index contributed by atoms with van der Waals surface area (Å²) >= 11 is 5.06. The molecule has 0 atom stereocenters.